The van der Waals surface area contributed by atoms with E-state index in [1.807, 2.05) is 0 Å². The summed E-state index contributed by atoms with van der Waals surface area (Å²) in [5.74, 6) is 0.542. The molecule has 0 bridgehead atoms. The predicted molar refractivity (Wildman–Crippen MR) is 76.8 cm³/mol. The summed E-state index contributed by atoms with van der Waals surface area (Å²) in [7, 11) is 0. The van der Waals surface area contributed by atoms with Gasteiger partial charge in [-0.2, -0.15) is 0 Å². The Balaban J connectivity index is 2.56. The third kappa shape index (κ3) is 2.44. The van der Waals surface area contributed by atoms with Gasteiger partial charge in [0.1, 0.15) is 0 Å². The number of benzene rings is 2. The van der Waals surface area contributed by atoms with E-state index >= 15 is 0 Å². The van der Waals surface area contributed by atoms with E-state index in [9.17, 15) is 0 Å². The minimum atomic E-state index is 0.542. The Morgan fingerprint density at radius 2 is 1.82 bits per heavy atom. The number of rotatable bonds is 4. The minimum absolute atomic E-state index is 0.542. The number of fused-ring (bicyclic) bond motifs is 1. The molecule has 0 saturated carbocycles. The molecule has 0 spiro atoms. The maximum absolute atomic E-state index is 3.54. The molecule has 0 fully saturated rings. The highest BCUT2D eigenvalue weighted by Gasteiger charge is 2.10. The Hall–Kier alpha value is -1.50. The van der Waals surface area contributed by atoms with E-state index in [0.717, 1.165) is 13.0 Å². The average Bonchev–Trinajstić information content (AvgIpc) is 2.35. The van der Waals surface area contributed by atoms with Gasteiger partial charge in [-0.05, 0) is 34.7 Å². The summed E-state index contributed by atoms with van der Waals surface area (Å²) in [4.78, 5) is 0. The summed E-state index contributed by atoms with van der Waals surface area (Å²) >= 11 is 0. The minimum Gasteiger partial charge on any atom is -0.385 e. The van der Waals surface area contributed by atoms with Crippen molar-refractivity contribution in [2.24, 2.45) is 0 Å². The maximum Gasteiger partial charge on any atom is 0.0381 e. The van der Waals surface area contributed by atoms with E-state index < -0.39 is 0 Å². The van der Waals surface area contributed by atoms with Gasteiger partial charge in [-0.15, -0.1) is 0 Å². The van der Waals surface area contributed by atoms with Crippen LogP contribution in [0.3, 0.4) is 0 Å². The first-order chi connectivity index (χ1) is 8.24. The first-order valence-corrected chi connectivity index (χ1v) is 6.49. The topological polar surface area (TPSA) is 12.0 Å². The quantitative estimate of drug-likeness (QED) is 0.792. The zero-order valence-electron chi connectivity index (χ0n) is 11.0. The summed E-state index contributed by atoms with van der Waals surface area (Å²) in [5.41, 5.74) is 2.73. The van der Waals surface area contributed by atoms with Gasteiger partial charge in [-0.25, -0.2) is 0 Å². The van der Waals surface area contributed by atoms with E-state index in [1.165, 1.54) is 22.0 Å². The fourth-order valence-electron chi connectivity index (χ4n) is 2.33. The van der Waals surface area contributed by atoms with E-state index in [2.05, 4.69) is 62.5 Å². The maximum atomic E-state index is 3.54. The van der Waals surface area contributed by atoms with Crippen LogP contribution >= 0.6 is 0 Å². The lowest BCUT2D eigenvalue weighted by molar-refractivity contribution is 0.871. The molecule has 1 heteroatoms. The Kier molecular flexibility index (Phi) is 3.68. The smallest absolute Gasteiger partial charge is 0.0381 e. The molecular formula is C16H21N. The van der Waals surface area contributed by atoms with Crippen molar-refractivity contribution in [3.05, 3.63) is 42.0 Å². The molecule has 0 aromatic heterocycles. The van der Waals surface area contributed by atoms with Crippen LogP contribution in [0.5, 0.6) is 0 Å². The highest BCUT2D eigenvalue weighted by atomic mass is 14.9. The summed E-state index contributed by atoms with van der Waals surface area (Å²) in [6.07, 6.45) is 1.16. The van der Waals surface area contributed by atoms with Crippen LogP contribution in [-0.4, -0.2) is 6.54 Å². The number of anilines is 1. The molecule has 1 N–H and O–H groups in total. The Labute approximate surface area is 104 Å². The van der Waals surface area contributed by atoms with Crippen molar-refractivity contribution < 1.29 is 0 Å². The molecule has 2 rings (SSSR count). The Morgan fingerprint density at radius 1 is 1.06 bits per heavy atom. The van der Waals surface area contributed by atoms with Gasteiger partial charge in [0.15, 0.2) is 0 Å². The van der Waals surface area contributed by atoms with Crippen LogP contribution in [0.25, 0.3) is 10.8 Å². The summed E-state index contributed by atoms with van der Waals surface area (Å²) in [6.45, 7) is 7.76. The van der Waals surface area contributed by atoms with Crippen LogP contribution in [0.4, 0.5) is 5.69 Å². The zero-order chi connectivity index (χ0) is 12.3. The average molecular weight is 227 g/mol. The zero-order valence-corrected chi connectivity index (χ0v) is 11.0. The molecule has 2 aromatic carbocycles. The second kappa shape index (κ2) is 5.22. The van der Waals surface area contributed by atoms with Crippen molar-refractivity contribution in [3.63, 3.8) is 0 Å². The largest absolute Gasteiger partial charge is 0.385 e. The van der Waals surface area contributed by atoms with Gasteiger partial charge in [-0.3, -0.25) is 0 Å². The van der Waals surface area contributed by atoms with Gasteiger partial charge in [0.05, 0.1) is 0 Å². The first kappa shape index (κ1) is 12.0. The van der Waals surface area contributed by atoms with Crippen molar-refractivity contribution in [2.45, 2.75) is 33.1 Å². The fourth-order valence-corrected chi connectivity index (χ4v) is 2.33. The van der Waals surface area contributed by atoms with Crippen molar-refractivity contribution in [2.75, 3.05) is 11.9 Å². The van der Waals surface area contributed by atoms with Gasteiger partial charge in [-0.1, -0.05) is 51.1 Å². The van der Waals surface area contributed by atoms with Crippen LogP contribution < -0.4 is 5.32 Å². The molecule has 0 radical (unpaired) electrons. The third-order valence-electron chi connectivity index (χ3n) is 3.11. The molecule has 0 atom stereocenters. The van der Waals surface area contributed by atoms with E-state index in [0.29, 0.717) is 5.92 Å². The molecule has 0 aliphatic rings. The first-order valence-electron chi connectivity index (χ1n) is 6.49. The SMILES string of the molecule is CCCNc1ccc2ccccc2c1C(C)C. The van der Waals surface area contributed by atoms with Crippen LogP contribution in [0.15, 0.2) is 36.4 Å². The lowest BCUT2D eigenvalue weighted by atomic mass is 9.94. The van der Waals surface area contributed by atoms with Gasteiger partial charge in [0.25, 0.3) is 0 Å². The summed E-state index contributed by atoms with van der Waals surface area (Å²) < 4.78 is 0. The Bertz CT molecular complexity index is 500. The molecule has 0 aliphatic carbocycles. The predicted octanol–water partition coefficient (Wildman–Crippen LogP) is 4.79. The Morgan fingerprint density at radius 3 is 2.53 bits per heavy atom. The van der Waals surface area contributed by atoms with Gasteiger partial charge in [0, 0.05) is 12.2 Å². The highest BCUT2D eigenvalue weighted by molar-refractivity contribution is 5.90. The molecule has 90 valence electrons. The molecule has 0 amide bonds. The van der Waals surface area contributed by atoms with Crippen LogP contribution in [0.1, 0.15) is 38.7 Å². The fraction of sp³-hybridized carbons (Fsp3) is 0.375. The van der Waals surface area contributed by atoms with E-state index in [1.54, 1.807) is 0 Å². The van der Waals surface area contributed by atoms with Crippen LogP contribution in [0.2, 0.25) is 0 Å². The van der Waals surface area contributed by atoms with Crippen LogP contribution in [0, 0.1) is 0 Å². The highest BCUT2D eigenvalue weighted by Crippen LogP contribution is 2.32. The standard InChI is InChI=1S/C16H21N/c1-4-11-17-15-10-9-13-7-5-6-8-14(13)16(15)12(2)3/h5-10,12,17H,4,11H2,1-3H3. The number of nitrogens with one attached hydrogen (secondary N) is 1. The molecule has 0 unspecified atom stereocenters. The number of hydrogen-bond donors (Lipinski definition) is 1. The van der Waals surface area contributed by atoms with Gasteiger partial charge >= 0.3 is 0 Å². The number of hydrogen-bond acceptors (Lipinski definition) is 1. The van der Waals surface area contributed by atoms with E-state index in [-0.39, 0.29) is 0 Å². The van der Waals surface area contributed by atoms with Crippen LogP contribution in [-0.2, 0) is 0 Å². The normalized spacial score (nSPS) is 11.1. The van der Waals surface area contributed by atoms with Crippen molar-refractivity contribution >= 4 is 16.5 Å². The monoisotopic (exact) mass is 227 g/mol. The second-order valence-electron chi connectivity index (χ2n) is 4.83. The van der Waals surface area contributed by atoms with E-state index in [4.69, 9.17) is 0 Å². The van der Waals surface area contributed by atoms with Gasteiger partial charge < -0.3 is 5.32 Å². The van der Waals surface area contributed by atoms with Crippen molar-refractivity contribution in [1.82, 2.24) is 0 Å². The second-order valence-corrected chi connectivity index (χ2v) is 4.83. The third-order valence-corrected chi connectivity index (χ3v) is 3.11. The van der Waals surface area contributed by atoms with Crippen molar-refractivity contribution in [1.29, 1.82) is 0 Å². The molecule has 2 aromatic rings. The molecule has 0 aliphatic heterocycles. The summed E-state index contributed by atoms with van der Waals surface area (Å²) in [5, 5.41) is 6.25. The lowest BCUT2D eigenvalue weighted by Crippen LogP contribution is -2.04. The molecule has 17 heavy (non-hydrogen) atoms. The molecule has 1 nitrogen and oxygen atoms in total. The lowest BCUT2D eigenvalue weighted by Gasteiger charge is -2.17. The van der Waals surface area contributed by atoms with Crippen molar-refractivity contribution in [3.8, 4) is 0 Å². The molecule has 0 heterocycles. The molecular weight excluding hydrogens is 206 g/mol. The summed E-state index contributed by atoms with van der Waals surface area (Å²) in [6, 6.07) is 13.1. The molecule has 0 saturated heterocycles. The van der Waals surface area contributed by atoms with Gasteiger partial charge in [0.2, 0.25) is 0 Å².